The summed E-state index contributed by atoms with van der Waals surface area (Å²) in [6.45, 7) is 3.56. The first kappa shape index (κ1) is 23.3. The summed E-state index contributed by atoms with van der Waals surface area (Å²) >= 11 is 0. The zero-order chi connectivity index (χ0) is 18.7. The second-order valence-corrected chi connectivity index (χ2v) is 10.2. The van der Waals surface area contributed by atoms with Gasteiger partial charge in [0.2, 0.25) is 20.0 Å². The van der Waals surface area contributed by atoms with E-state index in [2.05, 4.69) is 10.0 Å². The van der Waals surface area contributed by atoms with Gasteiger partial charge in [0.15, 0.2) is 0 Å². The predicted octanol–water partition coefficient (Wildman–Crippen LogP) is 1.34. The van der Waals surface area contributed by atoms with E-state index in [1.165, 1.54) is 29.6 Å². The van der Waals surface area contributed by atoms with E-state index in [1.807, 2.05) is 7.05 Å². The summed E-state index contributed by atoms with van der Waals surface area (Å²) in [6, 6.07) is 4.17. The molecule has 0 aromatic heterocycles. The fourth-order valence-electron chi connectivity index (χ4n) is 3.13. The number of sulfonamides is 2. The lowest BCUT2D eigenvalue weighted by atomic mass is 9.95. The predicted molar refractivity (Wildman–Crippen MR) is 105 cm³/mol. The van der Waals surface area contributed by atoms with Crippen LogP contribution in [0.25, 0.3) is 0 Å². The summed E-state index contributed by atoms with van der Waals surface area (Å²) in [6.07, 6.45) is 2.76. The van der Waals surface area contributed by atoms with Gasteiger partial charge in [0.25, 0.3) is 0 Å². The van der Waals surface area contributed by atoms with Crippen molar-refractivity contribution in [1.82, 2.24) is 14.3 Å². The lowest BCUT2D eigenvalue weighted by molar-refractivity contribution is 0.263. The summed E-state index contributed by atoms with van der Waals surface area (Å²) in [4.78, 5) is 0.244. The van der Waals surface area contributed by atoms with Crippen molar-refractivity contribution in [3.8, 4) is 0 Å². The van der Waals surface area contributed by atoms with Crippen molar-refractivity contribution >= 4 is 32.5 Å². The minimum atomic E-state index is -3.60. The zero-order valence-electron chi connectivity index (χ0n) is 15.4. The van der Waals surface area contributed by atoms with Crippen LogP contribution in [0.15, 0.2) is 28.0 Å². The number of hydrogen-bond acceptors (Lipinski definition) is 5. The van der Waals surface area contributed by atoms with Crippen molar-refractivity contribution in [3.05, 3.63) is 23.8 Å². The smallest absolute Gasteiger partial charge is 0.243 e. The fraction of sp³-hybridized carbons (Fsp3) is 0.625. The summed E-state index contributed by atoms with van der Waals surface area (Å²) < 4.78 is 53.3. The number of nitrogens with one attached hydrogen (secondary N) is 2. The average Bonchev–Trinajstić information content (AvgIpc) is 2.60. The van der Waals surface area contributed by atoms with Gasteiger partial charge in [-0.15, -0.1) is 12.4 Å². The molecule has 1 aliphatic rings. The van der Waals surface area contributed by atoms with Crippen molar-refractivity contribution in [2.24, 2.45) is 5.92 Å². The highest BCUT2D eigenvalue weighted by atomic mass is 35.5. The quantitative estimate of drug-likeness (QED) is 0.687. The minimum Gasteiger partial charge on any atom is -0.320 e. The third kappa shape index (κ3) is 5.17. The van der Waals surface area contributed by atoms with Crippen LogP contribution in [-0.2, 0) is 20.0 Å². The van der Waals surface area contributed by atoms with Crippen LogP contribution >= 0.6 is 12.4 Å². The van der Waals surface area contributed by atoms with Crippen molar-refractivity contribution in [3.63, 3.8) is 0 Å². The van der Waals surface area contributed by atoms with Crippen molar-refractivity contribution in [2.45, 2.75) is 36.0 Å². The highest BCUT2D eigenvalue weighted by molar-refractivity contribution is 7.89. The molecule has 10 heteroatoms. The van der Waals surface area contributed by atoms with E-state index in [0.717, 1.165) is 25.8 Å². The molecule has 0 radical (unpaired) electrons. The van der Waals surface area contributed by atoms with E-state index in [-0.39, 0.29) is 22.2 Å². The molecule has 1 heterocycles. The van der Waals surface area contributed by atoms with Gasteiger partial charge in [0.05, 0.1) is 9.79 Å². The number of hydrogen-bond donors (Lipinski definition) is 2. The number of rotatable bonds is 7. The van der Waals surface area contributed by atoms with Crippen LogP contribution in [0.5, 0.6) is 0 Å². The zero-order valence-corrected chi connectivity index (χ0v) is 17.8. The lowest BCUT2D eigenvalue weighted by Crippen LogP contribution is -2.39. The maximum Gasteiger partial charge on any atom is 0.243 e. The van der Waals surface area contributed by atoms with E-state index in [0.29, 0.717) is 24.6 Å². The third-order valence-corrected chi connectivity index (χ3v) is 8.19. The molecule has 0 unspecified atom stereocenters. The van der Waals surface area contributed by atoms with E-state index >= 15 is 0 Å². The van der Waals surface area contributed by atoms with Crippen molar-refractivity contribution in [1.29, 1.82) is 0 Å². The maximum atomic E-state index is 12.8. The Labute approximate surface area is 163 Å². The van der Waals surface area contributed by atoms with E-state index in [1.54, 1.807) is 6.92 Å². The minimum absolute atomic E-state index is 0. The van der Waals surface area contributed by atoms with Crippen LogP contribution in [0.2, 0.25) is 0 Å². The van der Waals surface area contributed by atoms with Gasteiger partial charge in [-0.05, 0) is 76.5 Å². The van der Waals surface area contributed by atoms with Crippen LogP contribution in [0.4, 0.5) is 0 Å². The molecular weight excluding hydrogens is 398 g/mol. The van der Waals surface area contributed by atoms with Gasteiger partial charge < -0.3 is 5.32 Å². The van der Waals surface area contributed by atoms with Crippen LogP contribution in [0.1, 0.15) is 24.8 Å². The van der Waals surface area contributed by atoms with E-state index < -0.39 is 20.0 Å². The standard InChI is InChI=1S/C16H27N3O4S2.ClH/c1-13-12-15(4-5-16(13)24(20,21)18-3)25(22,23)19-10-7-14(8-11-19)6-9-17-2;/h4-5,12,14,17-18H,6-11H2,1-3H3;1H. The van der Waals surface area contributed by atoms with Crippen LogP contribution < -0.4 is 10.0 Å². The Balaban J connectivity index is 0.00000338. The summed E-state index contributed by atoms with van der Waals surface area (Å²) in [5.74, 6) is 0.545. The molecule has 1 aromatic carbocycles. The Hall–Kier alpha value is -0.710. The van der Waals surface area contributed by atoms with Gasteiger partial charge in [0, 0.05) is 13.1 Å². The first-order valence-electron chi connectivity index (χ1n) is 8.41. The number of benzene rings is 1. The first-order chi connectivity index (χ1) is 11.7. The van der Waals surface area contributed by atoms with Crippen molar-refractivity contribution in [2.75, 3.05) is 33.7 Å². The number of nitrogens with zero attached hydrogens (tertiary/aromatic N) is 1. The van der Waals surface area contributed by atoms with Crippen LogP contribution in [0.3, 0.4) is 0 Å². The molecule has 0 amide bonds. The molecule has 0 bridgehead atoms. The van der Waals surface area contributed by atoms with Gasteiger partial charge in [-0.3, -0.25) is 0 Å². The molecule has 26 heavy (non-hydrogen) atoms. The Kier molecular flexibility index (Phi) is 8.50. The van der Waals surface area contributed by atoms with Crippen LogP contribution in [-0.4, -0.2) is 54.9 Å². The SMILES string of the molecule is CNCCC1CCN(S(=O)(=O)c2ccc(S(=O)(=O)NC)c(C)c2)CC1.Cl. The molecule has 1 aromatic rings. The van der Waals surface area contributed by atoms with Crippen LogP contribution in [0, 0.1) is 12.8 Å². The molecule has 1 fully saturated rings. The van der Waals surface area contributed by atoms with E-state index in [9.17, 15) is 16.8 Å². The molecule has 0 atom stereocenters. The molecule has 0 aliphatic carbocycles. The van der Waals surface area contributed by atoms with Gasteiger partial charge >= 0.3 is 0 Å². The Morgan fingerprint density at radius 1 is 1.12 bits per heavy atom. The topological polar surface area (TPSA) is 95.6 Å². The first-order valence-corrected chi connectivity index (χ1v) is 11.3. The monoisotopic (exact) mass is 425 g/mol. The summed E-state index contributed by atoms with van der Waals surface area (Å²) in [5, 5.41) is 3.12. The van der Waals surface area contributed by atoms with E-state index in [4.69, 9.17) is 0 Å². The molecule has 1 aliphatic heterocycles. The van der Waals surface area contributed by atoms with Gasteiger partial charge in [-0.1, -0.05) is 0 Å². The number of piperidine rings is 1. The second-order valence-electron chi connectivity index (χ2n) is 6.37. The highest BCUT2D eigenvalue weighted by Crippen LogP contribution is 2.27. The molecule has 1 saturated heterocycles. The van der Waals surface area contributed by atoms with Gasteiger partial charge in [-0.2, -0.15) is 4.31 Å². The molecule has 2 rings (SSSR count). The molecule has 2 N–H and O–H groups in total. The molecular formula is C16H28ClN3O4S2. The maximum absolute atomic E-state index is 12.8. The third-order valence-electron chi connectivity index (χ3n) is 4.72. The average molecular weight is 426 g/mol. The van der Waals surface area contributed by atoms with Gasteiger partial charge in [0.1, 0.15) is 0 Å². The Morgan fingerprint density at radius 2 is 1.73 bits per heavy atom. The fourth-order valence-corrected chi connectivity index (χ4v) is 5.63. The normalized spacial score (nSPS) is 17.0. The largest absolute Gasteiger partial charge is 0.320 e. The molecule has 0 spiro atoms. The summed E-state index contributed by atoms with van der Waals surface area (Å²) in [7, 11) is -3.94. The second kappa shape index (κ2) is 9.48. The lowest BCUT2D eigenvalue weighted by Gasteiger charge is -2.31. The number of aryl methyl sites for hydroxylation is 1. The summed E-state index contributed by atoms with van der Waals surface area (Å²) in [5.41, 5.74) is 0.416. The van der Waals surface area contributed by atoms with Gasteiger partial charge in [-0.25, -0.2) is 21.6 Å². The highest BCUT2D eigenvalue weighted by Gasteiger charge is 2.30. The molecule has 150 valence electrons. The van der Waals surface area contributed by atoms with Crippen molar-refractivity contribution < 1.29 is 16.8 Å². The molecule has 0 saturated carbocycles. The Bertz CT molecular complexity index is 805. The number of halogens is 1. The Morgan fingerprint density at radius 3 is 2.23 bits per heavy atom. The molecule has 7 nitrogen and oxygen atoms in total.